The first-order valence-electron chi connectivity index (χ1n) is 9.99. The van der Waals surface area contributed by atoms with Crippen LogP contribution in [0.2, 0.25) is 0 Å². The van der Waals surface area contributed by atoms with Gasteiger partial charge in [0, 0.05) is 31.9 Å². The molecule has 0 saturated carbocycles. The van der Waals surface area contributed by atoms with Gasteiger partial charge in [0.25, 0.3) is 0 Å². The number of nitrogens with zero attached hydrogens (tertiary/aromatic N) is 3. The number of aryl methyl sites for hydroxylation is 1. The van der Waals surface area contributed by atoms with Gasteiger partial charge in [0.05, 0.1) is 12.1 Å². The molecule has 2 aromatic carbocycles. The number of guanidine groups is 1. The van der Waals surface area contributed by atoms with E-state index >= 15 is 0 Å². The molecule has 1 atom stereocenters. The summed E-state index contributed by atoms with van der Waals surface area (Å²) in [5, 5.41) is 5.61. The minimum Gasteiger partial charge on any atom is -0.366 e. The summed E-state index contributed by atoms with van der Waals surface area (Å²) in [6.45, 7) is 4.27. The van der Waals surface area contributed by atoms with Gasteiger partial charge >= 0.3 is 0 Å². The van der Waals surface area contributed by atoms with Crippen molar-refractivity contribution in [3.8, 4) is 0 Å². The van der Waals surface area contributed by atoms with Crippen LogP contribution in [-0.4, -0.2) is 54.9 Å². The molecule has 2 aromatic rings. The van der Waals surface area contributed by atoms with E-state index in [1.165, 1.54) is 6.07 Å². The molecule has 1 fully saturated rings. The number of carbonyl (C=O) groups is 2. The molecule has 0 spiro atoms. The number of rotatable bonds is 3. The quantitative estimate of drug-likeness (QED) is 0.814. The number of hydrogen-bond donors (Lipinski definition) is 2. The molecule has 8 heteroatoms. The monoisotopic (exact) mass is 409 g/mol. The van der Waals surface area contributed by atoms with Gasteiger partial charge in [-0.25, -0.2) is 9.38 Å². The molecular weight excluding hydrogens is 385 g/mol. The van der Waals surface area contributed by atoms with Crippen LogP contribution in [0.5, 0.6) is 0 Å². The van der Waals surface area contributed by atoms with Crippen molar-refractivity contribution in [1.29, 1.82) is 0 Å². The number of aliphatic imine (C=N–C) groups is 1. The maximum Gasteiger partial charge on any atom is 0.249 e. The Hall–Kier alpha value is -3.42. The van der Waals surface area contributed by atoms with Crippen LogP contribution in [0.25, 0.3) is 0 Å². The molecule has 0 radical (unpaired) electrons. The minimum atomic E-state index is -0.779. The maximum atomic E-state index is 14.0. The Labute approximate surface area is 174 Å². The Morgan fingerprint density at radius 2 is 1.83 bits per heavy atom. The molecule has 0 unspecified atom stereocenters. The highest BCUT2D eigenvalue weighted by atomic mass is 19.1. The zero-order valence-corrected chi connectivity index (χ0v) is 16.8. The van der Waals surface area contributed by atoms with Crippen molar-refractivity contribution < 1.29 is 14.0 Å². The highest BCUT2D eigenvalue weighted by Gasteiger charge is 2.31. The normalized spacial score (nSPS) is 19.2. The minimum absolute atomic E-state index is 0.0103. The standard InChI is InChI=1S/C22H24FN5O2/c1-15-5-4-6-16(13-15)24-21(30)18-14-20(29)26-22(25-18)28-11-9-27(10-12-28)19-8-3-2-7-17(19)23/h2-8,13,18H,9-12,14H2,1H3,(H,24,30)(H,25,26,29)/t18-/m1/s1. The molecule has 7 nitrogen and oxygen atoms in total. The summed E-state index contributed by atoms with van der Waals surface area (Å²) in [5.41, 5.74) is 2.29. The van der Waals surface area contributed by atoms with Crippen LogP contribution in [0, 0.1) is 12.7 Å². The zero-order valence-electron chi connectivity index (χ0n) is 16.8. The van der Waals surface area contributed by atoms with E-state index in [2.05, 4.69) is 15.6 Å². The van der Waals surface area contributed by atoms with Crippen LogP contribution in [0.3, 0.4) is 0 Å². The van der Waals surface area contributed by atoms with Crippen molar-refractivity contribution in [2.45, 2.75) is 19.4 Å². The summed E-state index contributed by atoms with van der Waals surface area (Å²) in [6.07, 6.45) is 0.0103. The molecule has 2 heterocycles. The summed E-state index contributed by atoms with van der Waals surface area (Å²) in [6, 6.07) is 13.4. The topological polar surface area (TPSA) is 77.0 Å². The molecule has 0 bridgehead atoms. The first-order chi connectivity index (χ1) is 14.5. The molecular formula is C22H24FN5O2. The number of halogens is 1. The van der Waals surface area contributed by atoms with Crippen molar-refractivity contribution in [2.24, 2.45) is 4.99 Å². The van der Waals surface area contributed by atoms with E-state index < -0.39 is 6.04 Å². The van der Waals surface area contributed by atoms with E-state index in [1.54, 1.807) is 18.2 Å². The van der Waals surface area contributed by atoms with Crippen LogP contribution in [0.1, 0.15) is 12.0 Å². The lowest BCUT2D eigenvalue weighted by atomic mass is 10.1. The van der Waals surface area contributed by atoms with E-state index in [9.17, 15) is 14.0 Å². The summed E-state index contributed by atoms with van der Waals surface area (Å²) in [7, 11) is 0. The smallest absolute Gasteiger partial charge is 0.249 e. The van der Waals surface area contributed by atoms with Gasteiger partial charge in [-0.05, 0) is 36.8 Å². The van der Waals surface area contributed by atoms with E-state index in [-0.39, 0.29) is 24.1 Å². The number of benzene rings is 2. The van der Waals surface area contributed by atoms with E-state index in [1.807, 2.05) is 41.0 Å². The second kappa shape index (κ2) is 8.52. The Balaban J connectivity index is 1.42. The highest BCUT2D eigenvalue weighted by molar-refractivity contribution is 6.06. The fourth-order valence-corrected chi connectivity index (χ4v) is 3.70. The van der Waals surface area contributed by atoms with Crippen molar-refractivity contribution >= 4 is 29.1 Å². The fraction of sp³-hybridized carbons (Fsp3) is 0.318. The highest BCUT2D eigenvalue weighted by Crippen LogP contribution is 2.21. The van der Waals surface area contributed by atoms with Gasteiger partial charge in [0.1, 0.15) is 11.9 Å². The molecule has 2 aliphatic heterocycles. The van der Waals surface area contributed by atoms with E-state index in [4.69, 9.17) is 0 Å². The zero-order chi connectivity index (χ0) is 21.1. The Bertz CT molecular complexity index is 985. The van der Waals surface area contributed by atoms with Crippen LogP contribution >= 0.6 is 0 Å². The largest absolute Gasteiger partial charge is 0.366 e. The number of hydrogen-bond acceptors (Lipinski definition) is 5. The molecule has 0 aromatic heterocycles. The van der Waals surface area contributed by atoms with Gasteiger partial charge < -0.3 is 15.1 Å². The summed E-state index contributed by atoms with van der Waals surface area (Å²) in [5.74, 6) is -0.384. The number of amides is 2. The average molecular weight is 409 g/mol. The molecule has 2 aliphatic rings. The first-order valence-corrected chi connectivity index (χ1v) is 9.99. The van der Waals surface area contributed by atoms with Crippen molar-refractivity contribution in [2.75, 3.05) is 36.4 Å². The third-order valence-corrected chi connectivity index (χ3v) is 5.27. The Kier molecular flexibility index (Phi) is 5.65. The lowest BCUT2D eigenvalue weighted by Crippen LogP contribution is -2.56. The molecule has 2 N–H and O–H groups in total. The molecule has 1 saturated heterocycles. The number of carbonyl (C=O) groups excluding carboxylic acids is 2. The summed E-state index contributed by atoms with van der Waals surface area (Å²) < 4.78 is 14.0. The number of nitrogens with one attached hydrogen (secondary N) is 2. The molecule has 156 valence electrons. The maximum absolute atomic E-state index is 14.0. The third kappa shape index (κ3) is 4.42. The lowest BCUT2D eigenvalue weighted by molar-refractivity contribution is -0.125. The van der Waals surface area contributed by atoms with Gasteiger partial charge in [-0.1, -0.05) is 24.3 Å². The molecule has 0 aliphatic carbocycles. The third-order valence-electron chi connectivity index (χ3n) is 5.27. The van der Waals surface area contributed by atoms with Gasteiger partial charge in [0.2, 0.25) is 17.8 Å². The number of para-hydroxylation sites is 1. The summed E-state index contributed by atoms with van der Waals surface area (Å²) in [4.78, 5) is 33.3. The van der Waals surface area contributed by atoms with Gasteiger partial charge in [-0.3, -0.25) is 14.9 Å². The van der Waals surface area contributed by atoms with Crippen molar-refractivity contribution in [3.63, 3.8) is 0 Å². The second-order valence-corrected chi connectivity index (χ2v) is 7.51. The van der Waals surface area contributed by atoms with Gasteiger partial charge in [-0.15, -0.1) is 0 Å². The second-order valence-electron chi connectivity index (χ2n) is 7.51. The SMILES string of the molecule is Cc1cccc(NC(=O)[C@H]2CC(=O)NC(N3CCN(c4ccccc4F)CC3)=N2)c1. The lowest BCUT2D eigenvalue weighted by Gasteiger charge is -2.38. The fourth-order valence-electron chi connectivity index (χ4n) is 3.70. The van der Waals surface area contributed by atoms with Crippen molar-refractivity contribution in [3.05, 3.63) is 59.9 Å². The van der Waals surface area contributed by atoms with E-state index in [0.717, 1.165) is 5.56 Å². The van der Waals surface area contributed by atoms with E-state index in [0.29, 0.717) is 43.5 Å². The molecule has 30 heavy (non-hydrogen) atoms. The van der Waals surface area contributed by atoms with Crippen LogP contribution in [0.15, 0.2) is 53.5 Å². The van der Waals surface area contributed by atoms with Crippen LogP contribution in [-0.2, 0) is 9.59 Å². The van der Waals surface area contributed by atoms with Crippen molar-refractivity contribution in [1.82, 2.24) is 10.2 Å². The predicted octanol–water partition coefficient (Wildman–Crippen LogP) is 2.14. The number of piperazine rings is 1. The van der Waals surface area contributed by atoms with Crippen LogP contribution < -0.4 is 15.5 Å². The first kappa shape index (κ1) is 19.9. The average Bonchev–Trinajstić information content (AvgIpc) is 2.74. The predicted molar refractivity (Wildman–Crippen MR) is 114 cm³/mol. The molecule has 2 amide bonds. The number of anilines is 2. The van der Waals surface area contributed by atoms with Gasteiger partial charge in [-0.2, -0.15) is 0 Å². The molecule has 4 rings (SSSR count). The van der Waals surface area contributed by atoms with Gasteiger partial charge in [0.15, 0.2) is 0 Å². The summed E-state index contributed by atoms with van der Waals surface area (Å²) >= 11 is 0. The van der Waals surface area contributed by atoms with Crippen LogP contribution in [0.4, 0.5) is 15.8 Å². The Morgan fingerprint density at radius 1 is 1.10 bits per heavy atom. The Morgan fingerprint density at radius 3 is 2.57 bits per heavy atom.